The molecule has 2 rings (SSSR count). The zero-order valence-electron chi connectivity index (χ0n) is 9.60. The van der Waals surface area contributed by atoms with Gasteiger partial charge in [0.1, 0.15) is 11.9 Å². The molecule has 1 aliphatic carbocycles. The van der Waals surface area contributed by atoms with Gasteiger partial charge in [0.15, 0.2) is 5.75 Å². The fourth-order valence-electron chi connectivity index (χ4n) is 2.00. The van der Waals surface area contributed by atoms with E-state index in [0.717, 1.165) is 12.8 Å². The molecule has 0 N–H and O–H groups in total. The lowest BCUT2D eigenvalue weighted by Gasteiger charge is -2.22. The van der Waals surface area contributed by atoms with E-state index in [1.54, 1.807) is 12.1 Å². The SMILES string of the molecule is O=C1CCCC(Oc2ccc(Br)cc2[N+](=O)[O-])C1. The lowest BCUT2D eigenvalue weighted by Crippen LogP contribution is -2.25. The summed E-state index contributed by atoms with van der Waals surface area (Å²) in [6, 6.07) is 4.65. The van der Waals surface area contributed by atoms with Crippen LogP contribution in [0.1, 0.15) is 25.7 Å². The first kappa shape index (κ1) is 13.0. The highest BCUT2D eigenvalue weighted by molar-refractivity contribution is 9.10. The molecule has 0 saturated heterocycles. The minimum atomic E-state index is -0.481. The van der Waals surface area contributed by atoms with Crippen molar-refractivity contribution in [1.29, 1.82) is 0 Å². The Bertz CT molecular complexity index is 489. The first-order valence-electron chi connectivity index (χ1n) is 5.68. The third kappa shape index (κ3) is 3.07. The molecule has 1 aliphatic rings. The van der Waals surface area contributed by atoms with Gasteiger partial charge in [-0.15, -0.1) is 0 Å². The number of carbonyl (C=O) groups excluding carboxylic acids is 1. The summed E-state index contributed by atoms with van der Waals surface area (Å²) in [7, 11) is 0. The Morgan fingerprint density at radius 3 is 2.89 bits per heavy atom. The van der Waals surface area contributed by atoms with E-state index in [0.29, 0.717) is 17.3 Å². The molecular formula is C12H12BrNO4. The van der Waals surface area contributed by atoms with Crippen LogP contribution in [-0.4, -0.2) is 16.8 Å². The van der Waals surface area contributed by atoms with Crippen molar-refractivity contribution < 1.29 is 14.5 Å². The molecule has 0 bridgehead atoms. The van der Waals surface area contributed by atoms with Crippen molar-refractivity contribution in [3.8, 4) is 5.75 Å². The van der Waals surface area contributed by atoms with Gasteiger partial charge in [-0.1, -0.05) is 15.9 Å². The van der Waals surface area contributed by atoms with Gasteiger partial charge in [-0.3, -0.25) is 14.9 Å². The second-order valence-corrected chi connectivity index (χ2v) is 5.16. The molecule has 0 amide bonds. The first-order valence-corrected chi connectivity index (χ1v) is 6.48. The van der Waals surface area contributed by atoms with Gasteiger partial charge in [0.2, 0.25) is 0 Å². The number of ether oxygens (including phenoxy) is 1. The second-order valence-electron chi connectivity index (χ2n) is 4.24. The Labute approximate surface area is 112 Å². The van der Waals surface area contributed by atoms with Gasteiger partial charge >= 0.3 is 5.69 Å². The van der Waals surface area contributed by atoms with Crippen LogP contribution in [0.15, 0.2) is 22.7 Å². The molecule has 1 aromatic carbocycles. The van der Waals surface area contributed by atoms with Gasteiger partial charge in [0, 0.05) is 23.4 Å². The summed E-state index contributed by atoms with van der Waals surface area (Å²) in [4.78, 5) is 21.8. The third-order valence-electron chi connectivity index (χ3n) is 2.85. The fourth-order valence-corrected chi connectivity index (χ4v) is 2.35. The summed E-state index contributed by atoms with van der Waals surface area (Å²) in [5, 5.41) is 10.9. The van der Waals surface area contributed by atoms with Gasteiger partial charge in [0.05, 0.1) is 4.92 Å². The van der Waals surface area contributed by atoms with Gasteiger partial charge in [-0.25, -0.2) is 0 Å². The number of hydrogen-bond acceptors (Lipinski definition) is 4. The fraction of sp³-hybridized carbons (Fsp3) is 0.417. The van der Waals surface area contributed by atoms with E-state index < -0.39 is 4.92 Å². The summed E-state index contributed by atoms with van der Waals surface area (Å²) < 4.78 is 6.22. The van der Waals surface area contributed by atoms with E-state index in [1.807, 2.05) is 0 Å². The zero-order valence-corrected chi connectivity index (χ0v) is 11.2. The number of nitro benzene ring substituents is 1. The molecule has 1 fully saturated rings. The van der Waals surface area contributed by atoms with Crippen molar-refractivity contribution in [2.24, 2.45) is 0 Å². The van der Waals surface area contributed by atoms with Gasteiger partial charge in [-0.2, -0.15) is 0 Å². The van der Waals surface area contributed by atoms with E-state index in [-0.39, 0.29) is 23.3 Å². The maximum absolute atomic E-state index is 11.3. The van der Waals surface area contributed by atoms with E-state index in [9.17, 15) is 14.9 Å². The van der Waals surface area contributed by atoms with Crippen molar-refractivity contribution in [3.63, 3.8) is 0 Å². The van der Waals surface area contributed by atoms with Crippen LogP contribution in [0.5, 0.6) is 5.75 Å². The summed E-state index contributed by atoms with van der Waals surface area (Å²) in [5.41, 5.74) is -0.0811. The summed E-state index contributed by atoms with van der Waals surface area (Å²) in [6.07, 6.45) is 2.23. The highest BCUT2D eigenvalue weighted by Gasteiger charge is 2.24. The number of nitrogens with zero attached hydrogens (tertiary/aromatic N) is 1. The molecule has 0 heterocycles. The second kappa shape index (κ2) is 5.48. The zero-order chi connectivity index (χ0) is 13.1. The molecule has 18 heavy (non-hydrogen) atoms. The Morgan fingerprint density at radius 2 is 2.22 bits per heavy atom. The highest BCUT2D eigenvalue weighted by Crippen LogP contribution is 2.32. The number of benzene rings is 1. The van der Waals surface area contributed by atoms with Crippen molar-refractivity contribution in [2.45, 2.75) is 31.8 Å². The number of rotatable bonds is 3. The number of nitro groups is 1. The van der Waals surface area contributed by atoms with Gasteiger partial charge < -0.3 is 4.74 Å². The third-order valence-corrected chi connectivity index (χ3v) is 3.34. The normalized spacial score (nSPS) is 19.6. The standard InChI is InChI=1S/C12H12BrNO4/c13-8-4-5-12(11(6-8)14(16)17)18-10-3-1-2-9(15)7-10/h4-6,10H,1-3,7H2. The molecular weight excluding hydrogens is 302 g/mol. The Kier molecular flexibility index (Phi) is 3.96. The molecule has 6 heteroatoms. The Hall–Kier alpha value is -1.43. The maximum atomic E-state index is 11.3. The number of halogens is 1. The van der Waals surface area contributed by atoms with Crippen molar-refractivity contribution in [1.82, 2.24) is 0 Å². The lowest BCUT2D eigenvalue weighted by atomic mass is 9.96. The van der Waals surface area contributed by atoms with E-state index in [4.69, 9.17) is 4.74 Å². The topological polar surface area (TPSA) is 69.4 Å². The molecule has 96 valence electrons. The monoisotopic (exact) mass is 313 g/mol. The highest BCUT2D eigenvalue weighted by atomic mass is 79.9. The van der Waals surface area contributed by atoms with Crippen LogP contribution in [0.2, 0.25) is 0 Å². The predicted octanol–water partition coefficient (Wildman–Crippen LogP) is 3.25. The average Bonchev–Trinajstić information content (AvgIpc) is 2.31. The van der Waals surface area contributed by atoms with Crippen LogP contribution in [0, 0.1) is 10.1 Å². The van der Waals surface area contributed by atoms with Crippen LogP contribution in [0.3, 0.4) is 0 Å². The summed E-state index contributed by atoms with van der Waals surface area (Å²) >= 11 is 3.19. The van der Waals surface area contributed by atoms with Crippen molar-refractivity contribution >= 4 is 27.4 Å². The lowest BCUT2D eigenvalue weighted by molar-refractivity contribution is -0.386. The minimum Gasteiger partial charge on any atom is -0.483 e. The van der Waals surface area contributed by atoms with E-state index in [1.165, 1.54) is 6.07 Å². The van der Waals surface area contributed by atoms with Crippen LogP contribution in [0.25, 0.3) is 0 Å². The molecule has 1 atom stereocenters. The quantitative estimate of drug-likeness (QED) is 0.634. The van der Waals surface area contributed by atoms with Crippen LogP contribution >= 0.6 is 15.9 Å². The number of hydrogen-bond donors (Lipinski definition) is 0. The number of ketones is 1. The van der Waals surface area contributed by atoms with Crippen LogP contribution < -0.4 is 4.74 Å². The van der Waals surface area contributed by atoms with E-state index >= 15 is 0 Å². The average molecular weight is 314 g/mol. The molecule has 1 saturated carbocycles. The maximum Gasteiger partial charge on any atom is 0.312 e. The van der Waals surface area contributed by atoms with Crippen LogP contribution in [0.4, 0.5) is 5.69 Å². The number of Topliss-reactive ketones (excluding diaryl/α,β-unsaturated/α-hetero) is 1. The number of carbonyl (C=O) groups is 1. The largest absolute Gasteiger partial charge is 0.483 e. The Balaban J connectivity index is 2.17. The molecule has 0 aromatic heterocycles. The first-order chi connectivity index (χ1) is 8.56. The van der Waals surface area contributed by atoms with Crippen LogP contribution in [-0.2, 0) is 4.79 Å². The summed E-state index contributed by atoms with van der Waals surface area (Å²) in [5.74, 6) is 0.383. The predicted molar refractivity (Wildman–Crippen MR) is 68.7 cm³/mol. The molecule has 0 spiro atoms. The molecule has 0 aliphatic heterocycles. The Morgan fingerprint density at radius 1 is 1.44 bits per heavy atom. The molecule has 0 radical (unpaired) electrons. The molecule has 1 unspecified atom stereocenters. The minimum absolute atomic E-state index is 0.0811. The van der Waals surface area contributed by atoms with Crippen molar-refractivity contribution in [2.75, 3.05) is 0 Å². The van der Waals surface area contributed by atoms with Gasteiger partial charge in [0.25, 0.3) is 0 Å². The summed E-state index contributed by atoms with van der Waals surface area (Å²) in [6.45, 7) is 0. The smallest absolute Gasteiger partial charge is 0.312 e. The van der Waals surface area contributed by atoms with E-state index in [2.05, 4.69) is 15.9 Å². The van der Waals surface area contributed by atoms with Gasteiger partial charge in [-0.05, 0) is 25.0 Å². The van der Waals surface area contributed by atoms with Crippen molar-refractivity contribution in [3.05, 3.63) is 32.8 Å². The molecule has 1 aromatic rings. The molecule has 5 nitrogen and oxygen atoms in total.